The van der Waals surface area contributed by atoms with Crippen molar-refractivity contribution in [2.45, 2.75) is 6.18 Å². The number of hydrogen-bond donors (Lipinski definition) is 2. The van der Waals surface area contributed by atoms with Crippen molar-refractivity contribution < 1.29 is 18.0 Å². The summed E-state index contributed by atoms with van der Waals surface area (Å²) in [5, 5.41) is 5.75. The van der Waals surface area contributed by atoms with Crippen LogP contribution in [0.1, 0.15) is 16.1 Å². The number of aromatic nitrogens is 2. The summed E-state index contributed by atoms with van der Waals surface area (Å²) in [6.45, 7) is 0. The second-order valence-electron chi connectivity index (χ2n) is 5.43. The third-order valence-electron chi connectivity index (χ3n) is 3.42. The van der Waals surface area contributed by atoms with Gasteiger partial charge in [0.05, 0.1) is 5.56 Å². The van der Waals surface area contributed by atoms with Crippen molar-refractivity contribution in [2.24, 2.45) is 0 Å². The molecule has 0 fully saturated rings. The number of amides is 1. The molecule has 0 saturated carbocycles. The standard InChI is InChI=1S/C18H12ClF3N4O/c19-12-4-2-6-14(10-12)24-16(27)15-7-8-23-17(26-15)25-13-5-1-3-11(9-13)18(20,21)22/h1-10H,(H,24,27)(H,23,25,26). The Labute approximate surface area is 157 Å². The molecule has 3 aromatic rings. The Bertz CT molecular complexity index is 979. The first-order valence-corrected chi connectivity index (χ1v) is 8.03. The molecule has 0 radical (unpaired) electrons. The minimum Gasteiger partial charge on any atom is -0.324 e. The van der Waals surface area contributed by atoms with Crippen LogP contribution < -0.4 is 10.6 Å². The van der Waals surface area contributed by atoms with Gasteiger partial charge in [-0.2, -0.15) is 13.2 Å². The zero-order chi connectivity index (χ0) is 19.4. The fourth-order valence-corrected chi connectivity index (χ4v) is 2.40. The van der Waals surface area contributed by atoms with E-state index in [-0.39, 0.29) is 17.3 Å². The van der Waals surface area contributed by atoms with Gasteiger partial charge in [-0.15, -0.1) is 0 Å². The number of carbonyl (C=O) groups is 1. The second kappa shape index (κ2) is 7.63. The summed E-state index contributed by atoms with van der Waals surface area (Å²) in [6.07, 6.45) is -3.13. The predicted octanol–water partition coefficient (Wildman–Crippen LogP) is 5.14. The molecule has 9 heteroatoms. The molecule has 2 aromatic carbocycles. The Morgan fingerprint density at radius 3 is 2.48 bits per heavy atom. The van der Waals surface area contributed by atoms with Gasteiger partial charge in [-0.25, -0.2) is 9.97 Å². The van der Waals surface area contributed by atoms with Gasteiger partial charge in [0.2, 0.25) is 5.95 Å². The highest BCUT2D eigenvalue weighted by molar-refractivity contribution is 6.30. The number of anilines is 3. The molecule has 0 saturated heterocycles. The number of benzene rings is 2. The zero-order valence-electron chi connectivity index (χ0n) is 13.6. The molecule has 1 amide bonds. The topological polar surface area (TPSA) is 66.9 Å². The number of nitrogens with zero attached hydrogens (tertiary/aromatic N) is 2. The van der Waals surface area contributed by atoms with Crippen LogP contribution in [0.4, 0.5) is 30.5 Å². The van der Waals surface area contributed by atoms with Crippen molar-refractivity contribution >= 4 is 34.8 Å². The monoisotopic (exact) mass is 392 g/mol. The van der Waals surface area contributed by atoms with E-state index in [1.165, 1.54) is 24.4 Å². The van der Waals surface area contributed by atoms with Crippen molar-refractivity contribution in [3.05, 3.63) is 77.1 Å². The van der Waals surface area contributed by atoms with E-state index < -0.39 is 17.6 Å². The lowest BCUT2D eigenvalue weighted by atomic mass is 10.2. The molecule has 0 aliphatic carbocycles. The summed E-state index contributed by atoms with van der Waals surface area (Å²) >= 11 is 5.87. The molecule has 5 nitrogen and oxygen atoms in total. The molecule has 1 heterocycles. The van der Waals surface area contributed by atoms with Crippen molar-refractivity contribution in [2.75, 3.05) is 10.6 Å². The quantitative estimate of drug-likeness (QED) is 0.644. The Morgan fingerprint density at radius 1 is 1.00 bits per heavy atom. The Hall–Kier alpha value is -3.13. The van der Waals surface area contributed by atoms with Gasteiger partial charge in [-0.05, 0) is 42.5 Å². The first-order chi connectivity index (χ1) is 12.8. The lowest BCUT2D eigenvalue weighted by Crippen LogP contribution is -2.14. The third kappa shape index (κ3) is 4.95. The van der Waals surface area contributed by atoms with Gasteiger partial charge in [-0.1, -0.05) is 23.7 Å². The van der Waals surface area contributed by atoms with E-state index in [9.17, 15) is 18.0 Å². The van der Waals surface area contributed by atoms with Crippen LogP contribution in [0.5, 0.6) is 0 Å². The molecule has 138 valence electrons. The zero-order valence-corrected chi connectivity index (χ0v) is 14.3. The van der Waals surface area contributed by atoms with Crippen LogP contribution in [0.25, 0.3) is 0 Å². The fourth-order valence-electron chi connectivity index (χ4n) is 2.21. The van der Waals surface area contributed by atoms with E-state index in [1.807, 2.05) is 0 Å². The smallest absolute Gasteiger partial charge is 0.324 e. The molecule has 0 spiro atoms. The second-order valence-corrected chi connectivity index (χ2v) is 5.87. The molecule has 0 atom stereocenters. The van der Waals surface area contributed by atoms with E-state index in [0.717, 1.165) is 12.1 Å². The van der Waals surface area contributed by atoms with Crippen LogP contribution in [0.3, 0.4) is 0 Å². The van der Waals surface area contributed by atoms with Crippen LogP contribution in [0.2, 0.25) is 5.02 Å². The van der Waals surface area contributed by atoms with E-state index in [1.54, 1.807) is 24.3 Å². The fraction of sp³-hybridized carbons (Fsp3) is 0.0556. The summed E-state index contributed by atoms with van der Waals surface area (Å²) in [7, 11) is 0. The Kier molecular flexibility index (Phi) is 5.27. The van der Waals surface area contributed by atoms with Crippen LogP contribution in [0, 0.1) is 0 Å². The molecule has 27 heavy (non-hydrogen) atoms. The lowest BCUT2D eigenvalue weighted by molar-refractivity contribution is -0.137. The number of halogens is 4. The molecular formula is C18H12ClF3N4O. The van der Waals surface area contributed by atoms with Gasteiger partial charge < -0.3 is 10.6 Å². The first-order valence-electron chi connectivity index (χ1n) is 7.65. The van der Waals surface area contributed by atoms with Gasteiger partial charge in [0.1, 0.15) is 5.69 Å². The van der Waals surface area contributed by atoms with Gasteiger partial charge in [0, 0.05) is 22.6 Å². The summed E-state index contributed by atoms with van der Waals surface area (Å²) in [6, 6.07) is 12.6. The highest BCUT2D eigenvalue weighted by Gasteiger charge is 2.30. The van der Waals surface area contributed by atoms with Crippen LogP contribution in [-0.2, 0) is 6.18 Å². The van der Waals surface area contributed by atoms with Crippen molar-refractivity contribution in [1.29, 1.82) is 0 Å². The van der Waals surface area contributed by atoms with Gasteiger partial charge in [-0.3, -0.25) is 4.79 Å². The first kappa shape index (κ1) is 18.7. The summed E-state index contributed by atoms with van der Waals surface area (Å²) in [5.41, 5.74) is -0.127. The number of rotatable bonds is 4. The van der Waals surface area contributed by atoms with Gasteiger partial charge in [0.25, 0.3) is 5.91 Å². The molecule has 1 aromatic heterocycles. The molecular weight excluding hydrogens is 381 g/mol. The van der Waals surface area contributed by atoms with Gasteiger partial charge >= 0.3 is 6.18 Å². The number of hydrogen-bond acceptors (Lipinski definition) is 4. The molecule has 0 bridgehead atoms. The van der Waals surface area contributed by atoms with Crippen molar-refractivity contribution in [3.63, 3.8) is 0 Å². The molecule has 2 N–H and O–H groups in total. The molecule has 0 unspecified atom stereocenters. The highest BCUT2D eigenvalue weighted by Crippen LogP contribution is 2.31. The molecule has 0 aliphatic heterocycles. The van der Waals surface area contributed by atoms with E-state index in [2.05, 4.69) is 20.6 Å². The minimum absolute atomic E-state index is 0.00642. The van der Waals surface area contributed by atoms with Crippen LogP contribution in [0.15, 0.2) is 60.8 Å². The largest absolute Gasteiger partial charge is 0.416 e. The minimum atomic E-state index is -4.46. The van der Waals surface area contributed by atoms with E-state index >= 15 is 0 Å². The predicted molar refractivity (Wildman–Crippen MR) is 96.2 cm³/mol. The van der Waals surface area contributed by atoms with Crippen LogP contribution in [-0.4, -0.2) is 15.9 Å². The average molecular weight is 393 g/mol. The Balaban J connectivity index is 1.77. The summed E-state index contributed by atoms with van der Waals surface area (Å²) in [4.78, 5) is 20.3. The van der Waals surface area contributed by atoms with Crippen LogP contribution >= 0.6 is 11.6 Å². The van der Waals surface area contributed by atoms with Crippen molar-refractivity contribution in [1.82, 2.24) is 9.97 Å². The maximum Gasteiger partial charge on any atom is 0.416 e. The molecule has 0 aliphatic rings. The van der Waals surface area contributed by atoms with E-state index in [4.69, 9.17) is 11.6 Å². The normalized spacial score (nSPS) is 11.1. The summed E-state index contributed by atoms with van der Waals surface area (Å²) in [5.74, 6) is -0.514. The number of carbonyl (C=O) groups excluding carboxylic acids is 1. The number of nitrogens with one attached hydrogen (secondary N) is 2. The third-order valence-corrected chi connectivity index (χ3v) is 3.65. The van der Waals surface area contributed by atoms with E-state index in [0.29, 0.717) is 10.7 Å². The highest BCUT2D eigenvalue weighted by atomic mass is 35.5. The Morgan fingerprint density at radius 2 is 1.74 bits per heavy atom. The van der Waals surface area contributed by atoms with Crippen molar-refractivity contribution in [3.8, 4) is 0 Å². The SMILES string of the molecule is O=C(Nc1cccc(Cl)c1)c1ccnc(Nc2cccc(C(F)(F)F)c2)n1. The maximum absolute atomic E-state index is 12.8. The summed E-state index contributed by atoms with van der Waals surface area (Å²) < 4.78 is 38.4. The van der Waals surface area contributed by atoms with Gasteiger partial charge in [0.15, 0.2) is 0 Å². The molecule has 3 rings (SSSR count). The number of alkyl halides is 3. The average Bonchev–Trinajstić information content (AvgIpc) is 2.61. The lowest BCUT2D eigenvalue weighted by Gasteiger charge is -2.10. The maximum atomic E-state index is 12.8.